The van der Waals surface area contributed by atoms with E-state index >= 15 is 0 Å². The summed E-state index contributed by atoms with van der Waals surface area (Å²) in [5, 5.41) is 9.04. The van der Waals surface area contributed by atoms with Crippen molar-refractivity contribution in [2.45, 2.75) is 19.8 Å². The lowest BCUT2D eigenvalue weighted by atomic mass is 10.0. The van der Waals surface area contributed by atoms with Gasteiger partial charge in [0.25, 0.3) is 0 Å². The molecule has 1 unspecified atom stereocenters. The average Bonchev–Trinajstić information content (AvgIpc) is 2.47. The lowest BCUT2D eigenvalue weighted by Crippen LogP contribution is -2.45. The number of carboxylic acid groups (broad SMARTS) is 1. The van der Waals surface area contributed by atoms with Gasteiger partial charge in [0.15, 0.2) is 0 Å². The van der Waals surface area contributed by atoms with E-state index in [4.69, 9.17) is 5.11 Å². The lowest BCUT2D eigenvalue weighted by Gasteiger charge is -2.33. The summed E-state index contributed by atoms with van der Waals surface area (Å²) < 4.78 is 0. The van der Waals surface area contributed by atoms with Crippen molar-refractivity contribution in [3.63, 3.8) is 0 Å². The van der Waals surface area contributed by atoms with E-state index in [1.54, 1.807) is 4.90 Å². The van der Waals surface area contributed by atoms with Crippen molar-refractivity contribution in [2.75, 3.05) is 31.1 Å². The summed E-state index contributed by atoms with van der Waals surface area (Å²) in [6.45, 7) is 3.64. The molecule has 0 saturated carbocycles. The Bertz CT molecular complexity index is 490. The summed E-state index contributed by atoms with van der Waals surface area (Å²) in [5.41, 5.74) is 0.762. The molecule has 0 spiro atoms. The first-order valence-corrected chi connectivity index (χ1v) is 7.36. The number of hydrogen-bond donors (Lipinski definition) is 1. The number of para-hydroxylation sites is 1. The standard InChI is InChI=1S/C16H22N2O3/c1-13-6-5-9-17(10-13)15(19)11-18(12-16(20)21)14-7-3-2-4-8-14/h2-4,7-8,13H,5-6,9-12H2,1H3,(H,20,21). The molecule has 1 N–H and O–H groups in total. The number of piperidine rings is 1. The number of carbonyl (C=O) groups is 2. The number of rotatable bonds is 5. The minimum absolute atomic E-state index is 0.00616. The number of carboxylic acids is 1. The topological polar surface area (TPSA) is 60.9 Å². The van der Waals surface area contributed by atoms with E-state index < -0.39 is 5.97 Å². The second-order valence-corrected chi connectivity index (χ2v) is 5.67. The molecule has 5 heteroatoms. The largest absolute Gasteiger partial charge is 0.480 e. The zero-order valence-corrected chi connectivity index (χ0v) is 12.4. The van der Waals surface area contributed by atoms with Crippen LogP contribution in [0.15, 0.2) is 30.3 Å². The highest BCUT2D eigenvalue weighted by Gasteiger charge is 2.23. The molecule has 114 valence electrons. The van der Waals surface area contributed by atoms with E-state index in [2.05, 4.69) is 6.92 Å². The lowest BCUT2D eigenvalue weighted by molar-refractivity contribution is -0.135. The highest BCUT2D eigenvalue weighted by molar-refractivity contribution is 5.84. The minimum atomic E-state index is -0.932. The van der Waals surface area contributed by atoms with Gasteiger partial charge in [0.1, 0.15) is 6.54 Å². The van der Waals surface area contributed by atoms with Crippen molar-refractivity contribution in [1.29, 1.82) is 0 Å². The van der Waals surface area contributed by atoms with Crippen molar-refractivity contribution in [2.24, 2.45) is 5.92 Å². The fourth-order valence-corrected chi connectivity index (χ4v) is 2.72. The maximum atomic E-state index is 12.4. The van der Waals surface area contributed by atoms with Gasteiger partial charge < -0.3 is 14.9 Å². The highest BCUT2D eigenvalue weighted by Crippen LogP contribution is 2.17. The first kappa shape index (κ1) is 15.4. The van der Waals surface area contributed by atoms with Gasteiger partial charge in [-0.1, -0.05) is 25.1 Å². The number of aliphatic carboxylic acids is 1. The van der Waals surface area contributed by atoms with Crippen LogP contribution in [0.1, 0.15) is 19.8 Å². The molecule has 1 atom stereocenters. The van der Waals surface area contributed by atoms with Crippen LogP contribution in [0.4, 0.5) is 5.69 Å². The fourth-order valence-electron chi connectivity index (χ4n) is 2.72. The molecule has 1 aromatic carbocycles. The Morgan fingerprint density at radius 2 is 2.00 bits per heavy atom. The maximum absolute atomic E-state index is 12.4. The molecule has 1 fully saturated rings. The number of amides is 1. The third kappa shape index (κ3) is 4.48. The monoisotopic (exact) mass is 290 g/mol. The van der Waals surface area contributed by atoms with Gasteiger partial charge in [0.05, 0.1) is 6.54 Å². The van der Waals surface area contributed by atoms with E-state index in [1.807, 2.05) is 35.2 Å². The van der Waals surface area contributed by atoms with Crippen molar-refractivity contribution in [3.05, 3.63) is 30.3 Å². The van der Waals surface area contributed by atoms with Gasteiger partial charge in [0, 0.05) is 18.8 Å². The molecular weight excluding hydrogens is 268 g/mol. The van der Waals surface area contributed by atoms with Gasteiger partial charge in [-0.2, -0.15) is 0 Å². The number of anilines is 1. The normalized spacial score (nSPS) is 18.3. The third-order valence-corrected chi connectivity index (χ3v) is 3.78. The van der Waals surface area contributed by atoms with Crippen LogP contribution in [-0.2, 0) is 9.59 Å². The first-order valence-electron chi connectivity index (χ1n) is 7.36. The van der Waals surface area contributed by atoms with Crippen LogP contribution in [0.2, 0.25) is 0 Å². The molecule has 5 nitrogen and oxygen atoms in total. The Kier molecular flexibility index (Phi) is 5.20. The molecule has 1 aliphatic rings. The zero-order chi connectivity index (χ0) is 15.2. The van der Waals surface area contributed by atoms with Gasteiger partial charge in [-0.3, -0.25) is 9.59 Å². The Hall–Kier alpha value is -2.04. The Morgan fingerprint density at radius 3 is 2.62 bits per heavy atom. The summed E-state index contributed by atoms with van der Waals surface area (Å²) in [4.78, 5) is 26.9. The summed E-state index contributed by atoms with van der Waals surface area (Å²) in [7, 11) is 0. The first-order chi connectivity index (χ1) is 10.1. The SMILES string of the molecule is CC1CCCN(C(=O)CN(CC(=O)O)c2ccccc2)C1. The second-order valence-electron chi connectivity index (χ2n) is 5.67. The van der Waals surface area contributed by atoms with Gasteiger partial charge in [-0.15, -0.1) is 0 Å². The number of nitrogens with zero attached hydrogens (tertiary/aromatic N) is 2. The smallest absolute Gasteiger partial charge is 0.323 e. The predicted octanol–water partition coefficient (Wildman–Crippen LogP) is 1.84. The fraction of sp³-hybridized carbons (Fsp3) is 0.500. The molecule has 0 bridgehead atoms. The van der Waals surface area contributed by atoms with Crippen LogP contribution in [0.25, 0.3) is 0 Å². The van der Waals surface area contributed by atoms with E-state index in [9.17, 15) is 9.59 Å². The van der Waals surface area contributed by atoms with Crippen LogP contribution in [-0.4, -0.2) is 48.1 Å². The molecule has 1 heterocycles. The minimum Gasteiger partial charge on any atom is -0.480 e. The van der Waals surface area contributed by atoms with Crippen molar-refractivity contribution in [1.82, 2.24) is 4.90 Å². The number of hydrogen-bond acceptors (Lipinski definition) is 3. The molecule has 1 saturated heterocycles. The summed E-state index contributed by atoms with van der Waals surface area (Å²) >= 11 is 0. The zero-order valence-electron chi connectivity index (χ0n) is 12.4. The Morgan fingerprint density at radius 1 is 1.29 bits per heavy atom. The molecule has 0 aromatic heterocycles. The van der Waals surface area contributed by atoms with Gasteiger partial charge in [-0.25, -0.2) is 0 Å². The Labute approximate surface area is 125 Å². The van der Waals surface area contributed by atoms with Crippen molar-refractivity contribution >= 4 is 17.6 Å². The van der Waals surface area contributed by atoms with Crippen molar-refractivity contribution in [3.8, 4) is 0 Å². The molecule has 1 amide bonds. The highest BCUT2D eigenvalue weighted by atomic mass is 16.4. The molecule has 2 rings (SSSR count). The van der Waals surface area contributed by atoms with Gasteiger partial charge >= 0.3 is 5.97 Å². The number of benzene rings is 1. The molecule has 0 aliphatic carbocycles. The van der Waals surface area contributed by atoms with E-state index in [0.29, 0.717) is 5.92 Å². The Balaban J connectivity index is 2.04. The van der Waals surface area contributed by atoms with Crippen LogP contribution in [0, 0.1) is 5.92 Å². The van der Waals surface area contributed by atoms with Crippen molar-refractivity contribution < 1.29 is 14.7 Å². The molecule has 1 aliphatic heterocycles. The third-order valence-electron chi connectivity index (χ3n) is 3.78. The van der Waals surface area contributed by atoms with E-state index in [1.165, 1.54) is 0 Å². The second kappa shape index (κ2) is 7.11. The number of likely N-dealkylation sites (tertiary alicyclic amines) is 1. The molecule has 1 aromatic rings. The van der Waals surface area contributed by atoms with Gasteiger partial charge in [0.2, 0.25) is 5.91 Å². The quantitative estimate of drug-likeness (QED) is 0.899. The van der Waals surface area contributed by atoms with Crippen LogP contribution < -0.4 is 4.90 Å². The predicted molar refractivity (Wildman–Crippen MR) is 81.3 cm³/mol. The van der Waals surface area contributed by atoms with Crippen LogP contribution in [0.3, 0.4) is 0 Å². The van der Waals surface area contributed by atoms with Gasteiger partial charge in [-0.05, 0) is 30.9 Å². The summed E-state index contributed by atoms with van der Waals surface area (Å²) in [5.74, 6) is -0.405. The van der Waals surface area contributed by atoms with E-state index in [-0.39, 0.29) is 19.0 Å². The maximum Gasteiger partial charge on any atom is 0.323 e. The summed E-state index contributed by atoms with van der Waals surface area (Å²) in [6.07, 6.45) is 2.18. The number of carbonyl (C=O) groups excluding carboxylic acids is 1. The summed E-state index contributed by atoms with van der Waals surface area (Å²) in [6, 6.07) is 9.22. The molecular formula is C16H22N2O3. The molecule has 0 radical (unpaired) electrons. The molecule has 21 heavy (non-hydrogen) atoms. The van der Waals surface area contributed by atoms with Crippen LogP contribution >= 0.6 is 0 Å². The average molecular weight is 290 g/mol. The van der Waals surface area contributed by atoms with E-state index in [0.717, 1.165) is 31.6 Å². The van der Waals surface area contributed by atoms with Crippen LogP contribution in [0.5, 0.6) is 0 Å².